The van der Waals surface area contributed by atoms with Gasteiger partial charge in [-0.05, 0) is 23.8 Å². The average molecular weight is 378 g/mol. The standard InChI is InChI=1S/C19H11ClF3NO2/c1-24-13-9-11(20)7-8-12(13)17-16(24)14(10-5-3-2-4-6-10)15(18(25)26-17)19(21,22)23/h2-9H,1H3. The Kier molecular flexibility index (Phi) is 3.63. The van der Waals surface area contributed by atoms with Crippen molar-refractivity contribution in [1.29, 1.82) is 0 Å². The fraction of sp³-hybridized carbons (Fsp3) is 0.105. The molecule has 0 aliphatic heterocycles. The Hall–Kier alpha value is -2.73. The lowest BCUT2D eigenvalue weighted by Gasteiger charge is -2.13. The highest BCUT2D eigenvalue weighted by molar-refractivity contribution is 6.31. The van der Waals surface area contributed by atoms with Crippen LogP contribution < -0.4 is 5.63 Å². The summed E-state index contributed by atoms with van der Waals surface area (Å²) >= 11 is 6.02. The van der Waals surface area contributed by atoms with Crippen molar-refractivity contribution in [1.82, 2.24) is 4.57 Å². The lowest BCUT2D eigenvalue weighted by molar-refractivity contribution is -0.139. The fourth-order valence-electron chi connectivity index (χ4n) is 3.27. The molecule has 0 unspecified atom stereocenters. The molecule has 0 radical (unpaired) electrons. The van der Waals surface area contributed by atoms with E-state index in [9.17, 15) is 18.0 Å². The minimum Gasteiger partial charge on any atom is -0.420 e. The largest absolute Gasteiger partial charge is 0.424 e. The molecule has 0 N–H and O–H groups in total. The van der Waals surface area contributed by atoms with Crippen LogP contribution in [0.5, 0.6) is 0 Å². The molecule has 0 aliphatic rings. The van der Waals surface area contributed by atoms with Crippen molar-refractivity contribution in [3.05, 3.63) is 69.5 Å². The maximum absolute atomic E-state index is 13.7. The monoisotopic (exact) mass is 377 g/mol. The maximum Gasteiger partial charge on any atom is 0.424 e. The highest BCUT2D eigenvalue weighted by Crippen LogP contribution is 2.41. The van der Waals surface area contributed by atoms with Gasteiger partial charge in [-0.15, -0.1) is 0 Å². The molecule has 2 aromatic heterocycles. The van der Waals surface area contributed by atoms with Gasteiger partial charge in [0.2, 0.25) is 0 Å². The maximum atomic E-state index is 13.7. The zero-order valence-electron chi connectivity index (χ0n) is 13.4. The highest BCUT2D eigenvalue weighted by Gasteiger charge is 2.40. The number of aromatic nitrogens is 1. The van der Waals surface area contributed by atoms with Gasteiger partial charge in [-0.1, -0.05) is 41.9 Å². The molecule has 4 rings (SSSR count). The molecule has 7 heteroatoms. The Morgan fingerprint density at radius 2 is 1.77 bits per heavy atom. The Morgan fingerprint density at radius 3 is 2.42 bits per heavy atom. The molecule has 132 valence electrons. The van der Waals surface area contributed by atoms with E-state index in [1.165, 1.54) is 12.1 Å². The molecular formula is C19H11ClF3NO2. The molecule has 0 saturated heterocycles. The van der Waals surface area contributed by atoms with E-state index in [0.717, 1.165) is 0 Å². The predicted octanol–water partition coefficient (Wildman–Crippen LogP) is 5.62. The van der Waals surface area contributed by atoms with E-state index in [4.69, 9.17) is 16.0 Å². The Morgan fingerprint density at radius 1 is 1.08 bits per heavy atom. The molecule has 2 aromatic carbocycles. The van der Waals surface area contributed by atoms with E-state index in [1.807, 2.05) is 0 Å². The topological polar surface area (TPSA) is 35.1 Å². The second-order valence-electron chi connectivity index (χ2n) is 5.90. The van der Waals surface area contributed by atoms with E-state index in [-0.39, 0.29) is 22.2 Å². The van der Waals surface area contributed by atoms with Gasteiger partial charge < -0.3 is 8.98 Å². The van der Waals surface area contributed by atoms with Gasteiger partial charge in [-0.25, -0.2) is 4.79 Å². The first-order valence-electron chi connectivity index (χ1n) is 7.66. The Bertz CT molecular complexity index is 1210. The van der Waals surface area contributed by atoms with Crippen molar-refractivity contribution in [2.24, 2.45) is 7.05 Å². The average Bonchev–Trinajstić information content (AvgIpc) is 2.85. The van der Waals surface area contributed by atoms with Gasteiger partial charge >= 0.3 is 11.8 Å². The molecule has 3 nitrogen and oxygen atoms in total. The number of hydrogen-bond donors (Lipinski definition) is 0. The van der Waals surface area contributed by atoms with Crippen LogP contribution in [0, 0.1) is 0 Å². The van der Waals surface area contributed by atoms with Crippen molar-refractivity contribution in [2.75, 3.05) is 0 Å². The molecule has 26 heavy (non-hydrogen) atoms. The lowest BCUT2D eigenvalue weighted by atomic mass is 10.00. The van der Waals surface area contributed by atoms with Crippen molar-refractivity contribution >= 4 is 33.6 Å². The number of alkyl halides is 3. The zero-order chi connectivity index (χ0) is 18.6. The van der Waals surface area contributed by atoms with E-state index in [2.05, 4.69) is 0 Å². The predicted molar refractivity (Wildman–Crippen MR) is 94.4 cm³/mol. The van der Waals surface area contributed by atoms with Crippen LogP contribution in [-0.2, 0) is 13.2 Å². The van der Waals surface area contributed by atoms with E-state index in [0.29, 0.717) is 15.9 Å². The van der Waals surface area contributed by atoms with E-state index < -0.39 is 17.4 Å². The van der Waals surface area contributed by atoms with E-state index >= 15 is 0 Å². The molecule has 2 heterocycles. The minimum absolute atomic E-state index is 0.107. The summed E-state index contributed by atoms with van der Waals surface area (Å²) in [6, 6.07) is 12.9. The van der Waals surface area contributed by atoms with Crippen LogP contribution in [0.15, 0.2) is 57.7 Å². The first-order valence-corrected chi connectivity index (χ1v) is 8.04. The summed E-state index contributed by atoms with van der Waals surface area (Å²) in [4.78, 5) is 12.3. The van der Waals surface area contributed by atoms with Crippen LogP contribution in [0.3, 0.4) is 0 Å². The van der Waals surface area contributed by atoms with Crippen LogP contribution in [0.25, 0.3) is 33.1 Å². The first kappa shape index (κ1) is 16.7. The quantitative estimate of drug-likeness (QED) is 0.431. The first-order chi connectivity index (χ1) is 12.3. The summed E-state index contributed by atoms with van der Waals surface area (Å²) in [5.74, 6) is 0. The van der Waals surface area contributed by atoms with Crippen LogP contribution in [0.2, 0.25) is 5.02 Å². The number of nitrogens with zero attached hydrogens (tertiary/aromatic N) is 1. The minimum atomic E-state index is -4.85. The van der Waals surface area contributed by atoms with Crippen molar-refractivity contribution in [3.8, 4) is 11.1 Å². The Balaban J connectivity index is 2.31. The summed E-state index contributed by atoms with van der Waals surface area (Å²) in [6.45, 7) is 0. The van der Waals surface area contributed by atoms with Crippen molar-refractivity contribution in [3.63, 3.8) is 0 Å². The molecule has 0 saturated carbocycles. The highest BCUT2D eigenvalue weighted by atomic mass is 35.5. The summed E-state index contributed by atoms with van der Waals surface area (Å²) in [5.41, 5.74) is -1.75. The van der Waals surface area contributed by atoms with Gasteiger partial charge in [-0.3, -0.25) is 0 Å². The number of benzene rings is 2. The molecule has 0 fully saturated rings. The van der Waals surface area contributed by atoms with Gasteiger partial charge in [0, 0.05) is 23.0 Å². The number of hydrogen-bond acceptors (Lipinski definition) is 2. The van der Waals surface area contributed by atoms with Crippen molar-refractivity contribution < 1.29 is 17.6 Å². The summed E-state index contributed by atoms with van der Waals surface area (Å²) < 4.78 is 47.7. The fourth-order valence-corrected chi connectivity index (χ4v) is 3.43. The SMILES string of the molecule is Cn1c2cc(Cl)ccc2c2oc(=O)c(C(F)(F)F)c(-c3ccccc3)c21. The van der Waals surface area contributed by atoms with Gasteiger partial charge in [0.15, 0.2) is 11.1 Å². The molecule has 4 aromatic rings. The second-order valence-corrected chi connectivity index (χ2v) is 6.34. The third-order valence-corrected chi connectivity index (χ3v) is 4.58. The molecule has 0 spiro atoms. The van der Waals surface area contributed by atoms with Gasteiger partial charge in [-0.2, -0.15) is 13.2 Å². The molecular weight excluding hydrogens is 367 g/mol. The van der Waals surface area contributed by atoms with Crippen molar-refractivity contribution in [2.45, 2.75) is 6.18 Å². The lowest BCUT2D eigenvalue weighted by Crippen LogP contribution is -2.20. The Labute approximate surface area is 150 Å². The molecule has 0 atom stereocenters. The second kappa shape index (κ2) is 5.64. The van der Waals surface area contributed by atoms with Gasteiger partial charge in [0.05, 0.1) is 11.0 Å². The van der Waals surface area contributed by atoms with Crippen LogP contribution in [0.1, 0.15) is 5.56 Å². The summed E-state index contributed by atoms with van der Waals surface area (Å²) in [6.07, 6.45) is -4.85. The van der Waals surface area contributed by atoms with Crippen LogP contribution in [0.4, 0.5) is 13.2 Å². The molecule has 0 amide bonds. The number of aryl methyl sites for hydroxylation is 1. The van der Waals surface area contributed by atoms with Crippen LogP contribution >= 0.6 is 11.6 Å². The molecule has 0 aliphatic carbocycles. The third kappa shape index (κ3) is 2.41. The number of rotatable bonds is 1. The third-order valence-electron chi connectivity index (χ3n) is 4.35. The van der Waals surface area contributed by atoms with E-state index in [1.54, 1.807) is 48.0 Å². The molecule has 0 bridgehead atoms. The zero-order valence-corrected chi connectivity index (χ0v) is 14.2. The smallest absolute Gasteiger partial charge is 0.420 e. The normalized spacial score (nSPS) is 12.2. The number of fused-ring (bicyclic) bond motifs is 3. The van der Waals surface area contributed by atoms with Crippen LogP contribution in [-0.4, -0.2) is 4.57 Å². The van der Waals surface area contributed by atoms with Gasteiger partial charge in [0.1, 0.15) is 0 Å². The van der Waals surface area contributed by atoms with Gasteiger partial charge in [0.25, 0.3) is 0 Å². The summed E-state index contributed by atoms with van der Waals surface area (Å²) in [5, 5.41) is 0.956. The number of halogens is 4. The summed E-state index contributed by atoms with van der Waals surface area (Å²) in [7, 11) is 1.62.